The first-order valence-corrected chi connectivity index (χ1v) is 5.71. The van der Waals surface area contributed by atoms with Crippen LogP contribution in [0.2, 0.25) is 0 Å². The maximum absolute atomic E-state index is 10.8. The summed E-state index contributed by atoms with van der Waals surface area (Å²) in [7, 11) is 0. The molecular formula is C13H12N4O3. The number of ether oxygens (including phenoxy) is 1. The van der Waals surface area contributed by atoms with E-state index in [4.69, 9.17) is 15.9 Å². The average molecular weight is 272 g/mol. The molecule has 0 saturated carbocycles. The van der Waals surface area contributed by atoms with Crippen molar-refractivity contribution in [3.05, 3.63) is 57.8 Å². The lowest BCUT2D eigenvalue weighted by Gasteiger charge is -2.08. The van der Waals surface area contributed by atoms with Gasteiger partial charge in [-0.25, -0.2) is 4.98 Å². The number of hydrogen-bond acceptors (Lipinski definition) is 5. The number of nitrogen functional groups attached to an aromatic ring is 1. The van der Waals surface area contributed by atoms with Crippen molar-refractivity contribution in [1.29, 1.82) is 5.41 Å². The van der Waals surface area contributed by atoms with Gasteiger partial charge < -0.3 is 10.5 Å². The normalized spacial score (nSPS) is 10.1. The van der Waals surface area contributed by atoms with Crippen molar-refractivity contribution in [2.75, 3.05) is 0 Å². The fourth-order valence-corrected chi connectivity index (χ4v) is 1.55. The summed E-state index contributed by atoms with van der Waals surface area (Å²) in [5.74, 6) is 0.389. The summed E-state index contributed by atoms with van der Waals surface area (Å²) in [5.41, 5.74) is 6.31. The molecule has 0 unspecified atom stereocenters. The summed E-state index contributed by atoms with van der Waals surface area (Å²) < 4.78 is 5.52. The zero-order chi connectivity index (χ0) is 14.7. The molecule has 3 N–H and O–H groups in total. The highest BCUT2D eigenvalue weighted by Crippen LogP contribution is 2.27. The Morgan fingerprint density at radius 1 is 1.40 bits per heavy atom. The molecule has 0 amide bonds. The molecule has 0 radical (unpaired) electrons. The third-order valence-corrected chi connectivity index (χ3v) is 2.60. The van der Waals surface area contributed by atoms with Gasteiger partial charge in [0.15, 0.2) is 0 Å². The van der Waals surface area contributed by atoms with Crippen LogP contribution in [0.15, 0.2) is 36.4 Å². The van der Waals surface area contributed by atoms with Gasteiger partial charge in [-0.05, 0) is 24.6 Å². The average Bonchev–Trinajstić information content (AvgIpc) is 2.41. The molecule has 7 heteroatoms. The van der Waals surface area contributed by atoms with E-state index in [2.05, 4.69) is 4.98 Å². The topological polar surface area (TPSA) is 115 Å². The number of nitro benzene ring substituents is 1. The molecule has 0 saturated heterocycles. The number of non-ortho nitro benzene ring substituents is 1. The second-order valence-corrected chi connectivity index (χ2v) is 4.08. The highest BCUT2D eigenvalue weighted by atomic mass is 16.6. The molecule has 0 aliphatic heterocycles. The molecule has 0 atom stereocenters. The van der Waals surface area contributed by atoms with E-state index in [1.54, 1.807) is 31.2 Å². The molecule has 0 spiro atoms. The van der Waals surface area contributed by atoms with Crippen LogP contribution in [0, 0.1) is 22.4 Å². The van der Waals surface area contributed by atoms with Gasteiger partial charge in [-0.2, -0.15) is 0 Å². The molecule has 2 rings (SSSR count). The summed E-state index contributed by atoms with van der Waals surface area (Å²) in [6.07, 6.45) is 0. The van der Waals surface area contributed by atoms with Crippen molar-refractivity contribution in [3.8, 4) is 11.6 Å². The molecule has 102 valence electrons. The van der Waals surface area contributed by atoms with E-state index in [1.165, 1.54) is 12.1 Å². The quantitative estimate of drug-likeness (QED) is 0.383. The van der Waals surface area contributed by atoms with E-state index in [9.17, 15) is 10.1 Å². The van der Waals surface area contributed by atoms with Gasteiger partial charge in [-0.15, -0.1) is 0 Å². The van der Waals surface area contributed by atoms with Crippen molar-refractivity contribution in [1.82, 2.24) is 4.98 Å². The number of hydrogen-bond donors (Lipinski definition) is 2. The minimum Gasteiger partial charge on any atom is -0.438 e. The molecule has 20 heavy (non-hydrogen) atoms. The fraction of sp³-hybridized carbons (Fsp3) is 0.0769. The SMILES string of the molecule is Cc1ccc([N+](=O)[O-])cc1Oc1cccc(C(=N)N)n1. The van der Waals surface area contributed by atoms with Crippen molar-refractivity contribution in [2.24, 2.45) is 5.73 Å². The van der Waals surface area contributed by atoms with Crippen LogP contribution in [0.1, 0.15) is 11.3 Å². The summed E-state index contributed by atoms with van der Waals surface area (Å²) >= 11 is 0. The number of nitrogens with zero attached hydrogens (tertiary/aromatic N) is 2. The van der Waals surface area contributed by atoms with E-state index in [0.717, 1.165) is 5.56 Å². The Bertz CT molecular complexity index is 685. The number of nitro groups is 1. The van der Waals surface area contributed by atoms with Crippen LogP contribution in [-0.2, 0) is 0 Å². The van der Waals surface area contributed by atoms with Gasteiger partial charge in [0.05, 0.1) is 11.0 Å². The van der Waals surface area contributed by atoms with Crippen molar-refractivity contribution < 1.29 is 9.66 Å². The Balaban J connectivity index is 2.34. The predicted octanol–water partition coefficient (Wildman–Crippen LogP) is 2.37. The lowest BCUT2D eigenvalue weighted by molar-refractivity contribution is -0.384. The van der Waals surface area contributed by atoms with Crippen molar-refractivity contribution in [2.45, 2.75) is 6.92 Å². The zero-order valence-electron chi connectivity index (χ0n) is 10.7. The Hall–Kier alpha value is -2.96. The first-order valence-electron chi connectivity index (χ1n) is 5.71. The molecule has 0 fully saturated rings. The van der Waals surface area contributed by atoms with Gasteiger partial charge in [0, 0.05) is 12.1 Å². The Labute approximate surface area is 114 Å². The molecule has 7 nitrogen and oxygen atoms in total. The number of nitrogens with one attached hydrogen (secondary N) is 1. The summed E-state index contributed by atoms with van der Waals surface area (Å²) in [5, 5.41) is 18.1. The third kappa shape index (κ3) is 2.89. The highest BCUT2D eigenvalue weighted by molar-refractivity contribution is 5.93. The third-order valence-electron chi connectivity index (χ3n) is 2.60. The summed E-state index contributed by atoms with van der Waals surface area (Å²) in [6.45, 7) is 1.77. The predicted molar refractivity (Wildman–Crippen MR) is 73.2 cm³/mol. The van der Waals surface area contributed by atoms with Gasteiger partial charge in [-0.3, -0.25) is 15.5 Å². The number of nitrogens with two attached hydrogens (primary N) is 1. The van der Waals surface area contributed by atoms with Crippen molar-refractivity contribution >= 4 is 11.5 Å². The van der Waals surface area contributed by atoms with Crippen LogP contribution >= 0.6 is 0 Å². The van der Waals surface area contributed by atoms with E-state index in [0.29, 0.717) is 5.75 Å². The molecule has 1 aromatic heterocycles. The summed E-state index contributed by atoms with van der Waals surface area (Å²) in [4.78, 5) is 14.3. The van der Waals surface area contributed by atoms with Gasteiger partial charge >= 0.3 is 0 Å². The second kappa shape index (κ2) is 5.35. The van der Waals surface area contributed by atoms with Crippen molar-refractivity contribution in [3.63, 3.8) is 0 Å². The molecular weight excluding hydrogens is 260 g/mol. The van der Waals surface area contributed by atoms with Crippen LogP contribution in [0.3, 0.4) is 0 Å². The van der Waals surface area contributed by atoms with Crippen LogP contribution in [-0.4, -0.2) is 15.7 Å². The minimum atomic E-state index is -0.494. The number of rotatable bonds is 4. The number of pyridine rings is 1. The molecule has 1 heterocycles. The van der Waals surface area contributed by atoms with Crippen LogP contribution in [0.25, 0.3) is 0 Å². The Kier molecular flexibility index (Phi) is 3.60. The molecule has 0 aliphatic carbocycles. The molecule has 1 aromatic carbocycles. The van der Waals surface area contributed by atoms with E-state index >= 15 is 0 Å². The Morgan fingerprint density at radius 2 is 2.15 bits per heavy atom. The number of amidine groups is 1. The Morgan fingerprint density at radius 3 is 2.80 bits per heavy atom. The second-order valence-electron chi connectivity index (χ2n) is 4.08. The van der Waals surface area contributed by atoms with E-state index in [-0.39, 0.29) is 23.1 Å². The number of aromatic nitrogens is 1. The van der Waals surface area contributed by atoms with Crippen LogP contribution in [0.5, 0.6) is 11.6 Å². The lowest BCUT2D eigenvalue weighted by Crippen LogP contribution is -2.13. The summed E-state index contributed by atoms with van der Waals surface area (Å²) in [6, 6.07) is 9.15. The number of aryl methyl sites for hydroxylation is 1. The monoisotopic (exact) mass is 272 g/mol. The zero-order valence-corrected chi connectivity index (χ0v) is 10.7. The maximum Gasteiger partial charge on any atom is 0.273 e. The van der Waals surface area contributed by atoms with Crippen LogP contribution < -0.4 is 10.5 Å². The van der Waals surface area contributed by atoms with Crippen LogP contribution in [0.4, 0.5) is 5.69 Å². The van der Waals surface area contributed by atoms with Gasteiger partial charge in [0.1, 0.15) is 17.3 Å². The van der Waals surface area contributed by atoms with E-state index < -0.39 is 4.92 Å². The van der Waals surface area contributed by atoms with Gasteiger partial charge in [-0.1, -0.05) is 6.07 Å². The van der Waals surface area contributed by atoms with E-state index in [1.807, 2.05) is 0 Å². The smallest absolute Gasteiger partial charge is 0.273 e. The molecule has 2 aromatic rings. The highest BCUT2D eigenvalue weighted by Gasteiger charge is 2.11. The standard InChI is InChI=1S/C13H12N4O3/c1-8-5-6-9(17(18)19)7-11(8)20-12-4-2-3-10(16-12)13(14)15/h2-7H,1H3,(H3,14,15). The lowest BCUT2D eigenvalue weighted by atomic mass is 10.2. The largest absolute Gasteiger partial charge is 0.438 e. The van der Waals surface area contributed by atoms with Gasteiger partial charge in [0.25, 0.3) is 5.69 Å². The minimum absolute atomic E-state index is 0.0617. The first kappa shape index (κ1) is 13.5. The molecule has 0 aliphatic rings. The first-order chi connectivity index (χ1) is 9.47. The fourth-order valence-electron chi connectivity index (χ4n) is 1.55. The van der Waals surface area contributed by atoms with Gasteiger partial charge in [0.2, 0.25) is 5.88 Å². The molecule has 0 bridgehead atoms. The maximum atomic E-state index is 10.8. The number of benzene rings is 1.